The molecule has 5 heteroatoms. The van der Waals surface area contributed by atoms with Gasteiger partial charge >= 0.3 is 0 Å². The van der Waals surface area contributed by atoms with Crippen LogP contribution in [0.2, 0.25) is 0 Å². The minimum atomic E-state index is -0.0982. The zero-order valence-electron chi connectivity index (χ0n) is 14.7. The molecule has 2 saturated heterocycles. The number of amides is 1. The largest absolute Gasteiger partial charge is 0.491 e. The Hall–Kier alpha value is -1.88. The SMILES string of the molecule is O=C(C1=CCCCC1)N1CC[C@@H]2OCC[C@]2(COc2cccnc2)C1. The zero-order valence-corrected chi connectivity index (χ0v) is 14.7. The van der Waals surface area contributed by atoms with E-state index in [1.807, 2.05) is 17.0 Å². The lowest BCUT2D eigenvalue weighted by Crippen LogP contribution is -2.54. The molecule has 0 bridgehead atoms. The number of nitrogens with zero attached hydrogens (tertiary/aromatic N) is 2. The number of fused-ring (bicyclic) bond motifs is 1. The number of carbonyl (C=O) groups excluding carboxylic acids is 1. The first-order valence-electron chi connectivity index (χ1n) is 9.40. The van der Waals surface area contributed by atoms with E-state index in [0.717, 1.165) is 63.1 Å². The van der Waals surface area contributed by atoms with Gasteiger partial charge in [-0.15, -0.1) is 0 Å². The van der Waals surface area contributed by atoms with Crippen LogP contribution in [0.5, 0.6) is 5.75 Å². The lowest BCUT2D eigenvalue weighted by Gasteiger charge is -2.43. The fourth-order valence-electron chi connectivity index (χ4n) is 4.32. The number of pyridine rings is 1. The molecule has 2 aliphatic heterocycles. The molecule has 0 saturated carbocycles. The van der Waals surface area contributed by atoms with Gasteiger partial charge in [0.05, 0.1) is 24.3 Å². The van der Waals surface area contributed by atoms with Crippen LogP contribution in [0.1, 0.15) is 38.5 Å². The number of carbonyl (C=O) groups is 1. The molecule has 1 aromatic heterocycles. The maximum Gasteiger partial charge on any atom is 0.249 e. The van der Waals surface area contributed by atoms with Gasteiger partial charge in [0, 0.05) is 31.5 Å². The fourth-order valence-corrected chi connectivity index (χ4v) is 4.32. The first kappa shape index (κ1) is 16.6. The molecule has 0 radical (unpaired) electrons. The maximum absolute atomic E-state index is 12.9. The van der Waals surface area contributed by atoms with Gasteiger partial charge in [-0.3, -0.25) is 9.78 Å². The highest BCUT2D eigenvalue weighted by Gasteiger charge is 2.49. The quantitative estimate of drug-likeness (QED) is 0.844. The Kier molecular flexibility index (Phi) is 4.75. The van der Waals surface area contributed by atoms with Gasteiger partial charge in [0.1, 0.15) is 5.75 Å². The number of rotatable bonds is 4. The lowest BCUT2D eigenvalue weighted by atomic mass is 9.77. The summed E-state index contributed by atoms with van der Waals surface area (Å²) in [6.45, 7) is 2.85. The molecule has 0 N–H and O–H groups in total. The van der Waals surface area contributed by atoms with Crippen molar-refractivity contribution in [3.8, 4) is 5.75 Å². The van der Waals surface area contributed by atoms with E-state index in [1.165, 1.54) is 6.42 Å². The standard InChI is InChI=1S/C20H26N2O3/c23-19(16-5-2-1-3-6-16)22-11-8-18-20(14-22,9-12-24-18)15-25-17-7-4-10-21-13-17/h4-5,7,10,13,18H,1-3,6,8-9,11-12,14-15H2/t18-,20+/m0/s1. The van der Waals surface area contributed by atoms with Crippen LogP contribution < -0.4 is 4.74 Å². The predicted molar refractivity (Wildman–Crippen MR) is 94.3 cm³/mol. The van der Waals surface area contributed by atoms with Crippen LogP contribution in [0.3, 0.4) is 0 Å². The Morgan fingerprint density at radius 1 is 1.44 bits per heavy atom. The van der Waals surface area contributed by atoms with Gasteiger partial charge in [0.25, 0.3) is 0 Å². The molecule has 1 aliphatic carbocycles. The van der Waals surface area contributed by atoms with Crippen LogP contribution in [-0.4, -0.2) is 48.2 Å². The summed E-state index contributed by atoms with van der Waals surface area (Å²) in [5.74, 6) is 1.01. The van der Waals surface area contributed by atoms with Crippen molar-refractivity contribution in [2.24, 2.45) is 5.41 Å². The second-order valence-electron chi connectivity index (χ2n) is 7.44. The van der Waals surface area contributed by atoms with Gasteiger partial charge in [-0.2, -0.15) is 0 Å². The Morgan fingerprint density at radius 3 is 3.20 bits per heavy atom. The highest BCUT2D eigenvalue weighted by atomic mass is 16.5. The van der Waals surface area contributed by atoms with E-state index in [0.29, 0.717) is 6.61 Å². The molecule has 3 heterocycles. The molecule has 4 rings (SSSR count). The van der Waals surface area contributed by atoms with Gasteiger partial charge in [0.15, 0.2) is 0 Å². The van der Waals surface area contributed by atoms with Crippen LogP contribution in [0.15, 0.2) is 36.2 Å². The van der Waals surface area contributed by atoms with Crippen LogP contribution in [0.4, 0.5) is 0 Å². The van der Waals surface area contributed by atoms with Crippen molar-refractivity contribution in [2.75, 3.05) is 26.3 Å². The van der Waals surface area contributed by atoms with Crippen LogP contribution in [0, 0.1) is 5.41 Å². The molecule has 134 valence electrons. The molecule has 0 unspecified atom stereocenters. The summed E-state index contributed by atoms with van der Waals surface area (Å²) in [4.78, 5) is 19.1. The highest BCUT2D eigenvalue weighted by molar-refractivity contribution is 5.93. The molecular formula is C20H26N2O3. The summed E-state index contributed by atoms with van der Waals surface area (Å²) >= 11 is 0. The van der Waals surface area contributed by atoms with E-state index in [4.69, 9.17) is 9.47 Å². The number of hydrogen-bond acceptors (Lipinski definition) is 4. The van der Waals surface area contributed by atoms with Crippen LogP contribution in [-0.2, 0) is 9.53 Å². The number of aromatic nitrogens is 1. The van der Waals surface area contributed by atoms with Crippen molar-refractivity contribution < 1.29 is 14.3 Å². The summed E-state index contributed by atoms with van der Waals surface area (Å²) in [5, 5.41) is 0. The third-order valence-corrected chi connectivity index (χ3v) is 5.78. The van der Waals surface area contributed by atoms with E-state index < -0.39 is 0 Å². The molecule has 2 fully saturated rings. The van der Waals surface area contributed by atoms with E-state index >= 15 is 0 Å². The van der Waals surface area contributed by atoms with Gasteiger partial charge in [0.2, 0.25) is 5.91 Å². The minimum Gasteiger partial charge on any atom is -0.491 e. The average molecular weight is 342 g/mol. The van der Waals surface area contributed by atoms with Crippen LogP contribution in [0.25, 0.3) is 0 Å². The maximum atomic E-state index is 12.9. The highest BCUT2D eigenvalue weighted by Crippen LogP contribution is 2.41. The summed E-state index contributed by atoms with van der Waals surface area (Å²) in [7, 11) is 0. The zero-order chi connectivity index (χ0) is 17.1. The van der Waals surface area contributed by atoms with E-state index in [-0.39, 0.29) is 17.4 Å². The normalized spacial score (nSPS) is 29.0. The summed E-state index contributed by atoms with van der Waals surface area (Å²) in [6.07, 6.45) is 11.9. The van der Waals surface area contributed by atoms with Crippen molar-refractivity contribution >= 4 is 5.91 Å². The molecule has 3 aliphatic rings. The number of piperidine rings is 1. The Labute approximate surface area is 149 Å². The molecule has 25 heavy (non-hydrogen) atoms. The number of likely N-dealkylation sites (tertiary alicyclic amines) is 1. The molecule has 0 spiro atoms. The van der Waals surface area contributed by atoms with Crippen LogP contribution >= 0.6 is 0 Å². The summed E-state index contributed by atoms with van der Waals surface area (Å²) in [5.41, 5.74) is 0.908. The third kappa shape index (κ3) is 3.43. The van der Waals surface area contributed by atoms with Crippen molar-refractivity contribution in [3.05, 3.63) is 36.2 Å². The van der Waals surface area contributed by atoms with Gasteiger partial charge in [-0.05, 0) is 50.7 Å². The summed E-state index contributed by atoms with van der Waals surface area (Å²) < 4.78 is 12.0. The van der Waals surface area contributed by atoms with Crippen molar-refractivity contribution in [3.63, 3.8) is 0 Å². The molecule has 2 atom stereocenters. The van der Waals surface area contributed by atoms with Gasteiger partial charge in [-0.25, -0.2) is 0 Å². The lowest BCUT2D eigenvalue weighted by molar-refractivity contribution is -0.134. The topological polar surface area (TPSA) is 51.7 Å². The van der Waals surface area contributed by atoms with E-state index in [9.17, 15) is 4.79 Å². The average Bonchev–Trinajstić information content (AvgIpc) is 3.11. The molecule has 1 amide bonds. The molecule has 1 aromatic rings. The van der Waals surface area contributed by atoms with Gasteiger partial charge < -0.3 is 14.4 Å². The third-order valence-electron chi connectivity index (χ3n) is 5.78. The molecule has 0 aromatic carbocycles. The van der Waals surface area contributed by atoms with Crippen molar-refractivity contribution in [1.82, 2.24) is 9.88 Å². The molecular weight excluding hydrogens is 316 g/mol. The van der Waals surface area contributed by atoms with E-state index in [1.54, 1.807) is 12.4 Å². The molecule has 5 nitrogen and oxygen atoms in total. The first-order chi connectivity index (χ1) is 12.3. The Balaban J connectivity index is 1.47. The van der Waals surface area contributed by atoms with Crippen molar-refractivity contribution in [1.29, 1.82) is 0 Å². The first-order valence-corrected chi connectivity index (χ1v) is 9.40. The Morgan fingerprint density at radius 2 is 2.40 bits per heavy atom. The monoisotopic (exact) mass is 342 g/mol. The fraction of sp³-hybridized carbons (Fsp3) is 0.600. The minimum absolute atomic E-state index is 0.0982. The predicted octanol–water partition coefficient (Wildman–Crippen LogP) is 2.97. The van der Waals surface area contributed by atoms with E-state index in [2.05, 4.69) is 11.1 Å². The second-order valence-corrected chi connectivity index (χ2v) is 7.44. The summed E-state index contributed by atoms with van der Waals surface area (Å²) in [6, 6.07) is 3.80. The number of allylic oxidation sites excluding steroid dienone is 1. The second kappa shape index (κ2) is 7.16. The number of ether oxygens (including phenoxy) is 2. The Bertz CT molecular complexity index is 646. The number of hydrogen-bond donors (Lipinski definition) is 0. The smallest absolute Gasteiger partial charge is 0.249 e. The van der Waals surface area contributed by atoms with Gasteiger partial charge in [-0.1, -0.05) is 6.08 Å². The van der Waals surface area contributed by atoms with Crippen molar-refractivity contribution in [2.45, 2.75) is 44.6 Å².